The molecule has 0 fully saturated rings. The highest BCUT2D eigenvalue weighted by atomic mass is 19.2. The molecule has 2 rings (SSSR count). The van der Waals surface area contributed by atoms with Gasteiger partial charge in [-0.05, 0) is 23.4 Å². The van der Waals surface area contributed by atoms with Crippen LogP contribution in [0.4, 0.5) is 26.3 Å². The van der Waals surface area contributed by atoms with E-state index in [0.29, 0.717) is 18.2 Å². The number of halogens is 6. The summed E-state index contributed by atoms with van der Waals surface area (Å²) < 4.78 is 79.6. The molecule has 2 aromatic rings. The molecule has 0 atom stereocenters. The van der Waals surface area contributed by atoms with Crippen molar-refractivity contribution < 1.29 is 26.3 Å². The van der Waals surface area contributed by atoms with Gasteiger partial charge in [-0.15, -0.1) is 0 Å². The van der Waals surface area contributed by atoms with E-state index < -0.39 is 47.6 Å². The first kappa shape index (κ1) is 14.5. The second-order valence-corrected chi connectivity index (χ2v) is 4.28. The van der Waals surface area contributed by atoms with Crippen LogP contribution in [0.5, 0.6) is 0 Å². The van der Waals surface area contributed by atoms with Gasteiger partial charge in [0.05, 0.1) is 0 Å². The topological polar surface area (TPSA) is 0 Å². The first-order chi connectivity index (χ1) is 9.31. The van der Waals surface area contributed by atoms with E-state index in [-0.39, 0.29) is 11.0 Å². The number of hydrogen-bond donors (Lipinski definition) is 0. The van der Waals surface area contributed by atoms with E-state index >= 15 is 0 Å². The van der Waals surface area contributed by atoms with Gasteiger partial charge >= 0.3 is 0 Å². The van der Waals surface area contributed by atoms with Crippen LogP contribution in [0.3, 0.4) is 0 Å². The quantitative estimate of drug-likeness (QED) is 0.451. The molecule has 0 amide bonds. The van der Waals surface area contributed by atoms with Gasteiger partial charge in [0.25, 0.3) is 0 Å². The third-order valence-corrected chi connectivity index (χ3v) is 2.99. The standard InChI is InChI=1S/C13H7BF6/c1-5-11(9(18)4-10(19)13(5)20)14-12-7(16)2-6(15)3-8(12)17/h2-4,14H,1H3. The fraction of sp³-hybridized carbons (Fsp3) is 0.0769. The molecule has 0 N–H and O–H groups in total. The molecule has 0 saturated heterocycles. The summed E-state index contributed by atoms with van der Waals surface area (Å²) >= 11 is 0. The third-order valence-electron chi connectivity index (χ3n) is 2.99. The van der Waals surface area contributed by atoms with Crippen molar-refractivity contribution in [3.05, 3.63) is 58.7 Å². The molecule has 0 radical (unpaired) electrons. The van der Waals surface area contributed by atoms with E-state index in [2.05, 4.69) is 0 Å². The summed E-state index contributed by atoms with van der Waals surface area (Å²) in [4.78, 5) is 0. The van der Waals surface area contributed by atoms with Gasteiger partial charge < -0.3 is 0 Å². The van der Waals surface area contributed by atoms with Crippen LogP contribution >= 0.6 is 0 Å². The second kappa shape index (κ2) is 5.23. The fourth-order valence-corrected chi connectivity index (χ4v) is 1.89. The molecule has 0 aliphatic rings. The molecule has 0 aromatic heterocycles. The molecule has 7 heteroatoms. The van der Waals surface area contributed by atoms with Crippen LogP contribution in [0.2, 0.25) is 0 Å². The van der Waals surface area contributed by atoms with E-state index in [0.717, 1.165) is 6.92 Å². The third kappa shape index (κ3) is 2.52. The van der Waals surface area contributed by atoms with Crippen LogP contribution in [0.25, 0.3) is 0 Å². The molecule has 104 valence electrons. The van der Waals surface area contributed by atoms with Crippen LogP contribution < -0.4 is 10.9 Å². The largest absolute Gasteiger partial charge is 0.207 e. The van der Waals surface area contributed by atoms with E-state index in [9.17, 15) is 26.3 Å². The molecule has 20 heavy (non-hydrogen) atoms. The Hall–Kier alpha value is -1.92. The zero-order chi connectivity index (χ0) is 15.0. The minimum atomic E-state index is -1.39. The van der Waals surface area contributed by atoms with E-state index in [1.165, 1.54) is 0 Å². The first-order valence-corrected chi connectivity index (χ1v) is 5.57. The summed E-state index contributed by atoms with van der Waals surface area (Å²) in [5, 5.41) is 0. The van der Waals surface area contributed by atoms with Crippen molar-refractivity contribution in [3.63, 3.8) is 0 Å². The summed E-state index contributed by atoms with van der Waals surface area (Å²) in [6.07, 6.45) is 0. The second-order valence-electron chi connectivity index (χ2n) is 4.28. The first-order valence-electron chi connectivity index (χ1n) is 5.57. The van der Waals surface area contributed by atoms with Crippen LogP contribution in [-0.4, -0.2) is 7.28 Å². The molecule has 0 bridgehead atoms. The lowest BCUT2D eigenvalue weighted by atomic mass is 9.61. The molecular weight excluding hydrogens is 281 g/mol. The van der Waals surface area contributed by atoms with Crippen molar-refractivity contribution in [1.82, 2.24) is 0 Å². The van der Waals surface area contributed by atoms with Crippen LogP contribution in [0.15, 0.2) is 18.2 Å². The monoisotopic (exact) mass is 288 g/mol. The molecule has 0 unspecified atom stereocenters. The Morgan fingerprint density at radius 2 is 1.20 bits per heavy atom. The Bertz CT molecular complexity index is 660. The van der Waals surface area contributed by atoms with E-state index in [4.69, 9.17) is 0 Å². The lowest BCUT2D eigenvalue weighted by Crippen LogP contribution is -2.36. The van der Waals surface area contributed by atoms with Crippen molar-refractivity contribution in [1.29, 1.82) is 0 Å². The van der Waals surface area contributed by atoms with Crippen LogP contribution in [0, 0.1) is 41.8 Å². The maximum Gasteiger partial charge on any atom is 0.204 e. The molecule has 0 saturated carbocycles. The Morgan fingerprint density at radius 3 is 1.75 bits per heavy atom. The van der Waals surface area contributed by atoms with Crippen molar-refractivity contribution >= 4 is 18.2 Å². The zero-order valence-electron chi connectivity index (χ0n) is 10.2. The molecule has 0 spiro atoms. The highest BCUT2D eigenvalue weighted by molar-refractivity contribution is 6.68. The Morgan fingerprint density at radius 1 is 0.700 bits per heavy atom. The SMILES string of the molecule is Cc1c(F)c(F)cc(F)c1Bc1c(F)cc(F)cc1F. The minimum Gasteiger partial charge on any atom is -0.207 e. The molecule has 0 aliphatic carbocycles. The van der Waals surface area contributed by atoms with Crippen molar-refractivity contribution in [2.24, 2.45) is 0 Å². The van der Waals surface area contributed by atoms with Crippen molar-refractivity contribution in [3.8, 4) is 0 Å². The molecular formula is C13H7BF6. The Labute approximate surface area is 111 Å². The lowest BCUT2D eigenvalue weighted by Gasteiger charge is -2.10. The normalized spacial score (nSPS) is 10.8. The highest BCUT2D eigenvalue weighted by Crippen LogP contribution is 2.12. The molecule has 2 aromatic carbocycles. The maximum atomic E-state index is 13.6. The molecule has 0 aliphatic heterocycles. The number of hydrogen-bond acceptors (Lipinski definition) is 0. The van der Waals surface area contributed by atoms with Gasteiger partial charge in [-0.2, -0.15) is 0 Å². The average molecular weight is 288 g/mol. The van der Waals surface area contributed by atoms with E-state index in [1.54, 1.807) is 0 Å². The lowest BCUT2D eigenvalue weighted by molar-refractivity contribution is 0.492. The van der Waals surface area contributed by atoms with Gasteiger partial charge in [0.2, 0.25) is 7.28 Å². The maximum absolute atomic E-state index is 13.6. The van der Waals surface area contributed by atoms with Gasteiger partial charge in [0, 0.05) is 18.2 Å². The predicted molar refractivity (Wildman–Crippen MR) is 63.8 cm³/mol. The smallest absolute Gasteiger partial charge is 0.204 e. The van der Waals surface area contributed by atoms with Gasteiger partial charge in [0.1, 0.15) is 23.3 Å². The summed E-state index contributed by atoms with van der Waals surface area (Å²) in [5.74, 6) is -7.35. The molecule has 0 heterocycles. The predicted octanol–water partition coefficient (Wildman–Crippen LogP) is 2.22. The van der Waals surface area contributed by atoms with Gasteiger partial charge in [0.15, 0.2) is 11.6 Å². The van der Waals surface area contributed by atoms with E-state index in [1.807, 2.05) is 0 Å². The summed E-state index contributed by atoms with van der Waals surface area (Å²) in [5.41, 5.74) is -1.38. The Kier molecular flexibility index (Phi) is 3.79. The summed E-state index contributed by atoms with van der Waals surface area (Å²) in [7, 11) is -0.646. The number of rotatable bonds is 2. The van der Waals surface area contributed by atoms with Gasteiger partial charge in [-0.1, -0.05) is 0 Å². The highest BCUT2D eigenvalue weighted by Gasteiger charge is 2.20. The van der Waals surface area contributed by atoms with Crippen molar-refractivity contribution in [2.45, 2.75) is 6.92 Å². The summed E-state index contributed by atoms with van der Waals surface area (Å²) in [6, 6.07) is 1.17. The number of benzene rings is 2. The average Bonchev–Trinajstić information content (AvgIpc) is 2.34. The van der Waals surface area contributed by atoms with Crippen molar-refractivity contribution in [2.75, 3.05) is 0 Å². The minimum absolute atomic E-state index is 0.303. The van der Waals surface area contributed by atoms with Gasteiger partial charge in [-0.3, -0.25) is 0 Å². The van der Waals surface area contributed by atoms with Crippen LogP contribution in [-0.2, 0) is 0 Å². The zero-order valence-corrected chi connectivity index (χ0v) is 10.2. The van der Waals surface area contributed by atoms with Gasteiger partial charge in [-0.25, -0.2) is 26.3 Å². The fourth-order valence-electron chi connectivity index (χ4n) is 1.89. The molecule has 0 nitrogen and oxygen atoms in total. The summed E-state index contributed by atoms with van der Waals surface area (Å²) in [6.45, 7) is 1.09. The van der Waals surface area contributed by atoms with Crippen LogP contribution in [0.1, 0.15) is 5.56 Å². The Balaban J connectivity index is 2.54.